The van der Waals surface area contributed by atoms with E-state index in [1.807, 2.05) is 0 Å². The van der Waals surface area contributed by atoms with E-state index < -0.39 is 26.6 Å². The first-order chi connectivity index (χ1) is 8.36. The molecule has 98 valence electrons. The molecule has 0 aliphatic heterocycles. The Labute approximate surface area is 107 Å². The second kappa shape index (κ2) is 6.04. The monoisotopic (exact) mass is 290 g/mol. The van der Waals surface area contributed by atoms with Crippen molar-refractivity contribution in [3.63, 3.8) is 0 Å². The van der Waals surface area contributed by atoms with Crippen molar-refractivity contribution < 1.29 is 17.0 Å². The lowest BCUT2D eigenvalue weighted by atomic mass is 10.2. The summed E-state index contributed by atoms with van der Waals surface area (Å²) in [6, 6.07) is 4.52. The van der Waals surface area contributed by atoms with Crippen LogP contribution in [-0.4, -0.2) is 31.2 Å². The molecular formula is C10H11FN2O3S2. The molecule has 0 spiro atoms. The van der Waals surface area contributed by atoms with Gasteiger partial charge in [-0.3, -0.25) is 4.21 Å². The van der Waals surface area contributed by atoms with Gasteiger partial charge in [-0.2, -0.15) is 5.26 Å². The normalized spacial score (nSPS) is 12.9. The van der Waals surface area contributed by atoms with Crippen molar-refractivity contribution in [3.05, 3.63) is 29.6 Å². The quantitative estimate of drug-likeness (QED) is 0.848. The number of nitriles is 1. The summed E-state index contributed by atoms with van der Waals surface area (Å²) < 4.78 is 49.6. The van der Waals surface area contributed by atoms with Gasteiger partial charge in [0.1, 0.15) is 11.9 Å². The van der Waals surface area contributed by atoms with Crippen molar-refractivity contribution in [2.24, 2.45) is 0 Å². The maximum atomic E-state index is 13.0. The first kappa shape index (κ1) is 14.8. The lowest BCUT2D eigenvalue weighted by molar-refractivity contribution is 0.582. The Morgan fingerprint density at radius 1 is 1.50 bits per heavy atom. The van der Waals surface area contributed by atoms with Crippen LogP contribution in [0.1, 0.15) is 5.56 Å². The molecule has 0 heterocycles. The molecule has 5 nitrogen and oxygen atoms in total. The van der Waals surface area contributed by atoms with Crippen LogP contribution in [0.15, 0.2) is 23.1 Å². The minimum absolute atomic E-state index is 0.0186. The van der Waals surface area contributed by atoms with E-state index in [0.717, 1.165) is 18.2 Å². The van der Waals surface area contributed by atoms with Crippen molar-refractivity contribution in [2.45, 2.75) is 4.90 Å². The van der Waals surface area contributed by atoms with Crippen LogP contribution in [0.4, 0.5) is 4.39 Å². The molecule has 1 unspecified atom stereocenters. The molecular weight excluding hydrogens is 279 g/mol. The third-order valence-corrected chi connectivity index (χ3v) is 4.29. The van der Waals surface area contributed by atoms with Gasteiger partial charge in [-0.15, -0.1) is 0 Å². The summed E-state index contributed by atoms with van der Waals surface area (Å²) in [5.41, 5.74) is -0.336. The predicted molar refractivity (Wildman–Crippen MR) is 65.2 cm³/mol. The zero-order valence-corrected chi connectivity index (χ0v) is 11.1. The van der Waals surface area contributed by atoms with Gasteiger partial charge in [0.15, 0.2) is 0 Å². The van der Waals surface area contributed by atoms with E-state index in [0.29, 0.717) is 0 Å². The first-order valence-corrected chi connectivity index (χ1v) is 8.07. The van der Waals surface area contributed by atoms with Crippen LogP contribution in [-0.2, 0) is 20.8 Å². The second-order valence-corrected chi connectivity index (χ2v) is 6.75. The molecule has 1 atom stereocenters. The highest BCUT2D eigenvalue weighted by atomic mass is 32.2. The minimum Gasteiger partial charge on any atom is -0.260 e. The minimum atomic E-state index is -3.81. The van der Waals surface area contributed by atoms with Gasteiger partial charge in [0.25, 0.3) is 0 Å². The summed E-state index contributed by atoms with van der Waals surface area (Å²) in [6.45, 7) is 0.0186. The molecule has 8 heteroatoms. The summed E-state index contributed by atoms with van der Waals surface area (Å²) in [5.74, 6) is -0.586. The Kier molecular flexibility index (Phi) is 4.95. The number of benzene rings is 1. The fraction of sp³-hybridized carbons (Fsp3) is 0.300. The van der Waals surface area contributed by atoms with E-state index in [1.54, 1.807) is 6.07 Å². The predicted octanol–water partition coefficient (Wildman–Crippen LogP) is 0.354. The van der Waals surface area contributed by atoms with Crippen LogP contribution in [0.25, 0.3) is 0 Å². The maximum Gasteiger partial charge on any atom is 0.240 e. The van der Waals surface area contributed by atoms with E-state index in [-0.39, 0.29) is 22.8 Å². The summed E-state index contributed by atoms with van der Waals surface area (Å²) in [5, 5.41) is 8.61. The number of rotatable bonds is 5. The number of halogens is 1. The van der Waals surface area contributed by atoms with Gasteiger partial charge in [0.05, 0.1) is 10.5 Å². The van der Waals surface area contributed by atoms with Gasteiger partial charge < -0.3 is 0 Å². The van der Waals surface area contributed by atoms with Gasteiger partial charge in [-0.1, -0.05) is 0 Å². The highest BCUT2D eigenvalue weighted by molar-refractivity contribution is 7.89. The van der Waals surface area contributed by atoms with Crippen LogP contribution in [0.5, 0.6) is 0 Å². The molecule has 0 radical (unpaired) electrons. The lowest BCUT2D eigenvalue weighted by Gasteiger charge is -2.06. The van der Waals surface area contributed by atoms with Crippen molar-refractivity contribution in [2.75, 3.05) is 18.6 Å². The highest BCUT2D eigenvalue weighted by Crippen LogP contribution is 2.14. The van der Waals surface area contributed by atoms with Crippen molar-refractivity contribution in [1.29, 1.82) is 5.26 Å². The number of nitrogens with zero attached hydrogens (tertiary/aromatic N) is 1. The summed E-state index contributed by atoms with van der Waals surface area (Å²) in [7, 11) is -4.91. The van der Waals surface area contributed by atoms with Crippen LogP contribution in [0, 0.1) is 17.1 Å². The average molecular weight is 290 g/mol. The molecule has 0 bridgehead atoms. The van der Waals surface area contributed by atoms with Crippen LogP contribution in [0.3, 0.4) is 0 Å². The largest absolute Gasteiger partial charge is 0.260 e. The molecule has 1 aromatic rings. The van der Waals surface area contributed by atoms with E-state index >= 15 is 0 Å². The Morgan fingerprint density at radius 3 is 2.72 bits per heavy atom. The first-order valence-electron chi connectivity index (χ1n) is 4.86. The highest BCUT2D eigenvalue weighted by Gasteiger charge is 2.15. The van der Waals surface area contributed by atoms with Crippen molar-refractivity contribution in [3.8, 4) is 6.07 Å². The SMILES string of the molecule is CS(=O)CCNS(=O)(=O)c1ccc(F)c(C#N)c1. The van der Waals surface area contributed by atoms with Crippen LogP contribution in [0.2, 0.25) is 0 Å². The molecule has 0 aromatic heterocycles. The molecule has 18 heavy (non-hydrogen) atoms. The fourth-order valence-corrected chi connectivity index (χ4v) is 2.74. The van der Waals surface area contributed by atoms with Gasteiger partial charge >= 0.3 is 0 Å². The third-order valence-electron chi connectivity index (χ3n) is 2.05. The Morgan fingerprint density at radius 2 is 2.17 bits per heavy atom. The number of hydrogen-bond acceptors (Lipinski definition) is 4. The van der Waals surface area contributed by atoms with Crippen molar-refractivity contribution in [1.82, 2.24) is 4.72 Å². The molecule has 0 fully saturated rings. The molecule has 0 saturated carbocycles. The third kappa shape index (κ3) is 3.87. The second-order valence-electron chi connectivity index (χ2n) is 3.43. The number of hydrogen-bond donors (Lipinski definition) is 1. The Balaban J connectivity index is 2.92. The number of nitrogens with one attached hydrogen (secondary N) is 1. The molecule has 1 rings (SSSR count). The topological polar surface area (TPSA) is 87.0 Å². The molecule has 0 amide bonds. The summed E-state index contributed by atoms with van der Waals surface area (Å²) in [6.07, 6.45) is 1.46. The van der Waals surface area contributed by atoms with Gasteiger partial charge in [-0.25, -0.2) is 17.5 Å². The molecule has 1 N–H and O–H groups in total. The molecule has 0 saturated heterocycles. The Bertz CT molecular complexity index is 608. The van der Waals surface area contributed by atoms with E-state index in [9.17, 15) is 17.0 Å². The van der Waals surface area contributed by atoms with Gasteiger partial charge in [0.2, 0.25) is 10.0 Å². The van der Waals surface area contributed by atoms with Gasteiger partial charge in [0, 0.05) is 29.4 Å². The average Bonchev–Trinajstić information content (AvgIpc) is 2.28. The number of sulfonamides is 1. The Hall–Kier alpha value is -1.30. The smallest absolute Gasteiger partial charge is 0.240 e. The van der Waals surface area contributed by atoms with Crippen LogP contribution < -0.4 is 4.72 Å². The van der Waals surface area contributed by atoms with Crippen molar-refractivity contribution >= 4 is 20.8 Å². The van der Waals surface area contributed by atoms with Crippen LogP contribution >= 0.6 is 0 Å². The van der Waals surface area contributed by atoms with Gasteiger partial charge in [-0.05, 0) is 18.2 Å². The maximum absolute atomic E-state index is 13.0. The summed E-state index contributed by atoms with van der Waals surface area (Å²) >= 11 is 0. The fourth-order valence-electron chi connectivity index (χ4n) is 1.16. The zero-order chi connectivity index (χ0) is 13.8. The van der Waals surface area contributed by atoms with E-state index in [2.05, 4.69) is 4.72 Å². The molecule has 0 aliphatic rings. The standard InChI is InChI=1S/C10H11FN2O3S2/c1-17(14)5-4-13-18(15,16)9-2-3-10(11)8(6-9)7-12/h2-3,6,13H,4-5H2,1H3. The summed E-state index contributed by atoms with van der Waals surface area (Å²) in [4.78, 5) is -0.192. The molecule has 0 aliphatic carbocycles. The lowest BCUT2D eigenvalue weighted by Crippen LogP contribution is -2.27. The van der Waals surface area contributed by atoms with E-state index in [1.165, 1.54) is 6.26 Å². The zero-order valence-electron chi connectivity index (χ0n) is 9.51. The molecule has 1 aromatic carbocycles. The van der Waals surface area contributed by atoms with E-state index in [4.69, 9.17) is 5.26 Å².